The summed E-state index contributed by atoms with van der Waals surface area (Å²) in [6, 6.07) is 5.10. The number of nitrogens with one attached hydrogen (secondary N) is 1. The number of amides is 2. The molecule has 0 unspecified atom stereocenters. The van der Waals surface area contributed by atoms with Gasteiger partial charge in [0, 0.05) is 20.0 Å². The van der Waals surface area contributed by atoms with Gasteiger partial charge in [0.05, 0.1) is 12.1 Å². The van der Waals surface area contributed by atoms with Crippen LogP contribution in [0.1, 0.15) is 28.4 Å². The van der Waals surface area contributed by atoms with Crippen molar-refractivity contribution >= 4 is 17.8 Å². The Kier molecular flexibility index (Phi) is 4.02. The molecule has 6 nitrogen and oxygen atoms in total. The van der Waals surface area contributed by atoms with Crippen molar-refractivity contribution in [2.45, 2.75) is 19.9 Å². The number of benzene rings is 1. The van der Waals surface area contributed by atoms with E-state index in [1.165, 1.54) is 6.92 Å². The highest BCUT2D eigenvalue weighted by atomic mass is 16.4. The molecular formula is C14H16N2O4. The van der Waals surface area contributed by atoms with Gasteiger partial charge in [0.1, 0.15) is 0 Å². The van der Waals surface area contributed by atoms with E-state index in [0.717, 1.165) is 11.1 Å². The maximum atomic E-state index is 11.9. The molecule has 0 spiro atoms. The number of carbonyl (C=O) groups is 3. The molecule has 0 saturated carbocycles. The van der Waals surface area contributed by atoms with Crippen LogP contribution in [0.4, 0.5) is 0 Å². The van der Waals surface area contributed by atoms with Crippen molar-refractivity contribution in [1.82, 2.24) is 10.2 Å². The molecule has 1 aromatic rings. The minimum atomic E-state index is -0.945. The van der Waals surface area contributed by atoms with Crippen molar-refractivity contribution in [2.24, 2.45) is 0 Å². The van der Waals surface area contributed by atoms with Gasteiger partial charge >= 0.3 is 5.97 Å². The van der Waals surface area contributed by atoms with Crippen LogP contribution in [-0.4, -0.2) is 40.9 Å². The van der Waals surface area contributed by atoms with Crippen LogP contribution < -0.4 is 5.32 Å². The highest BCUT2D eigenvalue weighted by Gasteiger charge is 2.23. The topological polar surface area (TPSA) is 86.7 Å². The summed E-state index contributed by atoms with van der Waals surface area (Å²) >= 11 is 0. The van der Waals surface area contributed by atoms with E-state index in [-0.39, 0.29) is 18.4 Å². The molecule has 2 amide bonds. The van der Waals surface area contributed by atoms with Gasteiger partial charge in [-0.2, -0.15) is 0 Å². The molecule has 1 aliphatic rings. The van der Waals surface area contributed by atoms with Gasteiger partial charge < -0.3 is 15.3 Å². The zero-order valence-corrected chi connectivity index (χ0v) is 11.2. The fourth-order valence-electron chi connectivity index (χ4n) is 2.33. The molecule has 106 valence electrons. The smallest absolute Gasteiger partial charge is 0.335 e. The minimum Gasteiger partial charge on any atom is -0.478 e. The number of carboxylic acid groups (broad SMARTS) is 1. The van der Waals surface area contributed by atoms with E-state index in [1.807, 2.05) is 6.07 Å². The minimum absolute atomic E-state index is 0.0245. The van der Waals surface area contributed by atoms with Crippen LogP contribution in [0.5, 0.6) is 0 Å². The van der Waals surface area contributed by atoms with E-state index in [4.69, 9.17) is 5.11 Å². The second kappa shape index (κ2) is 5.73. The largest absolute Gasteiger partial charge is 0.478 e. The van der Waals surface area contributed by atoms with Gasteiger partial charge in [-0.25, -0.2) is 4.79 Å². The SMILES string of the molecule is CC(=O)NCC(=O)N1CCc2c(cccc2C(=O)O)C1. The molecule has 0 fully saturated rings. The van der Waals surface area contributed by atoms with Crippen LogP contribution in [0.15, 0.2) is 18.2 Å². The monoisotopic (exact) mass is 276 g/mol. The van der Waals surface area contributed by atoms with E-state index < -0.39 is 5.97 Å². The van der Waals surface area contributed by atoms with Gasteiger partial charge in [-0.3, -0.25) is 9.59 Å². The Labute approximate surface area is 116 Å². The third-order valence-corrected chi connectivity index (χ3v) is 3.34. The number of fused-ring (bicyclic) bond motifs is 1. The molecule has 20 heavy (non-hydrogen) atoms. The van der Waals surface area contributed by atoms with Crippen LogP contribution in [0, 0.1) is 0 Å². The maximum absolute atomic E-state index is 11.9. The predicted molar refractivity (Wildman–Crippen MR) is 71.2 cm³/mol. The summed E-state index contributed by atoms with van der Waals surface area (Å²) in [7, 11) is 0. The summed E-state index contributed by atoms with van der Waals surface area (Å²) in [5.74, 6) is -1.35. The van der Waals surface area contributed by atoms with Gasteiger partial charge in [0.25, 0.3) is 0 Å². The fraction of sp³-hybridized carbons (Fsp3) is 0.357. The van der Waals surface area contributed by atoms with E-state index >= 15 is 0 Å². The molecule has 0 atom stereocenters. The third-order valence-electron chi connectivity index (χ3n) is 3.34. The van der Waals surface area contributed by atoms with E-state index in [2.05, 4.69) is 5.32 Å². The molecule has 1 aromatic carbocycles. The normalized spacial score (nSPS) is 13.6. The number of nitrogens with zero attached hydrogens (tertiary/aromatic N) is 1. The Morgan fingerprint density at radius 2 is 2.10 bits per heavy atom. The lowest BCUT2D eigenvalue weighted by Crippen LogP contribution is -2.42. The average molecular weight is 276 g/mol. The molecule has 1 aliphatic heterocycles. The Bertz CT molecular complexity index is 568. The Morgan fingerprint density at radius 1 is 1.35 bits per heavy atom. The highest BCUT2D eigenvalue weighted by molar-refractivity contribution is 5.90. The lowest BCUT2D eigenvalue weighted by Gasteiger charge is -2.29. The van der Waals surface area contributed by atoms with Crippen LogP contribution >= 0.6 is 0 Å². The number of carboxylic acids is 1. The Balaban J connectivity index is 2.12. The average Bonchev–Trinajstić information content (AvgIpc) is 2.43. The second-order valence-electron chi connectivity index (χ2n) is 4.72. The Hall–Kier alpha value is -2.37. The third kappa shape index (κ3) is 2.96. The zero-order valence-electron chi connectivity index (χ0n) is 11.2. The quantitative estimate of drug-likeness (QED) is 0.837. The predicted octanol–water partition coefficient (Wildman–Crippen LogP) is 0.406. The van der Waals surface area contributed by atoms with E-state index in [9.17, 15) is 14.4 Å². The molecule has 0 bridgehead atoms. The first kappa shape index (κ1) is 14.0. The first-order valence-corrected chi connectivity index (χ1v) is 6.35. The molecule has 0 aliphatic carbocycles. The van der Waals surface area contributed by atoms with Crippen LogP contribution in [0.2, 0.25) is 0 Å². The number of hydrogen-bond acceptors (Lipinski definition) is 3. The van der Waals surface area contributed by atoms with Crippen molar-refractivity contribution in [3.05, 3.63) is 34.9 Å². The van der Waals surface area contributed by atoms with Crippen LogP contribution in [0.25, 0.3) is 0 Å². The van der Waals surface area contributed by atoms with Crippen LogP contribution in [0.3, 0.4) is 0 Å². The molecule has 2 N–H and O–H groups in total. The molecule has 0 radical (unpaired) electrons. The van der Waals surface area contributed by atoms with Gasteiger partial charge in [-0.15, -0.1) is 0 Å². The molecule has 0 aromatic heterocycles. The first-order chi connectivity index (χ1) is 9.49. The van der Waals surface area contributed by atoms with Crippen molar-refractivity contribution in [1.29, 1.82) is 0 Å². The maximum Gasteiger partial charge on any atom is 0.335 e. The summed E-state index contributed by atoms with van der Waals surface area (Å²) in [4.78, 5) is 35.5. The summed E-state index contributed by atoms with van der Waals surface area (Å²) in [6.07, 6.45) is 0.517. The summed E-state index contributed by atoms with van der Waals surface area (Å²) in [6.45, 7) is 2.19. The molecular weight excluding hydrogens is 260 g/mol. The number of rotatable bonds is 3. The summed E-state index contributed by atoms with van der Waals surface area (Å²) < 4.78 is 0. The number of aromatic carboxylic acids is 1. The molecule has 0 saturated heterocycles. The van der Waals surface area contributed by atoms with E-state index in [1.54, 1.807) is 17.0 Å². The fourth-order valence-corrected chi connectivity index (χ4v) is 2.33. The number of hydrogen-bond donors (Lipinski definition) is 2. The number of carbonyl (C=O) groups excluding carboxylic acids is 2. The lowest BCUT2D eigenvalue weighted by molar-refractivity contribution is -0.133. The standard InChI is InChI=1S/C14H16N2O4/c1-9(17)15-7-13(18)16-6-5-11-10(8-16)3-2-4-12(11)14(19)20/h2-4H,5-8H2,1H3,(H,15,17)(H,19,20). The van der Waals surface area contributed by atoms with Gasteiger partial charge in [0.2, 0.25) is 11.8 Å². The first-order valence-electron chi connectivity index (χ1n) is 6.35. The molecule has 1 heterocycles. The van der Waals surface area contributed by atoms with E-state index in [0.29, 0.717) is 25.1 Å². The summed E-state index contributed by atoms with van der Waals surface area (Å²) in [5.41, 5.74) is 1.95. The van der Waals surface area contributed by atoms with Crippen molar-refractivity contribution in [2.75, 3.05) is 13.1 Å². The Morgan fingerprint density at radius 3 is 2.75 bits per heavy atom. The lowest BCUT2D eigenvalue weighted by atomic mass is 9.94. The second-order valence-corrected chi connectivity index (χ2v) is 4.72. The zero-order chi connectivity index (χ0) is 14.7. The van der Waals surface area contributed by atoms with Crippen molar-refractivity contribution in [3.8, 4) is 0 Å². The van der Waals surface area contributed by atoms with Gasteiger partial charge in [-0.1, -0.05) is 12.1 Å². The molecule has 6 heteroatoms. The van der Waals surface area contributed by atoms with Crippen molar-refractivity contribution in [3.63, 3.8) is 0 Å². The van der Waals surface area contributed by atoms with Crippen LogP contribution in [-0.2, 0) is 22.6 Å². The summed E-state index contributed by atoms with van der Waals surface area (Å²) in [5, 5.41) is 11.6. The van der Waals surface area contributed by atoms with Gasteiger partial charge in [-0.05, 0) is 23.6 Å². The van der Waals surface area contributed by atoms with Crippen molar-refractivity contribution < 1.29 is 19.5 Å². The highest BCUT2D eigenvalue weighted by Crippen LogP contribution is 2.22. The molecule has 2 rings (SSSR count). The van der Waals surface area contributed by atoms with Gasteiger partial charge in [0.15, 0.2) is 0 Å².